The maximum atomic E-state index is 5.49. The Kier molecular flexibility index (Phi) is 3.79. The molecule has 1 aromatic carbocycles. The summed E-state index contributed by atoms with van der Waals surface area (Å²) in [5, 5.41) is 4.74. The van der Waals surface area contributed by atoms with Gasteiger partial charge in [0.2, 0.25) is 0 Å². The van der Waals surface area contributed by atoms with Gasteiger partial charge in [-0.05, 0) is 36.4 Å². The van der Waals surface area contributed by atoms with Crippen molar-refractivity contribution >= 4 is 10.9 Å². The average molecular weight is 266 g/mol. The fourth-order valence-corrected chi connectivity index (χ4v) is 2.60. The summed E-state index contributed by atoms with van der Waals surface area (Å²) in [6.45, 7) is 3.04. The predicted molar refractivity (Wildman–Crippen MR) is 80.6 cm³/mol. The van der Waals surface area contributed by atoms with E-state index in [1.807, 2.05) is 24.4 Å². The van der Waals surface area contributed by atoms with E-state index >= 15 is 0 Å². The molecule has 1 atom stereocenters. The van der Waals surface area contributed by atoms with Crippen LogP contribution in [0.15, 0.2) is 59.3 Å². The number of likely N-dealkylation sites (N-methyl/N-ethyl adjacent to an activating group) is 1. The summed E-state index contributed by atoms with van der Waals surface area (Å²) in [4.78, 5) is 4.43. The number of furan rings is 1. The Morgan fingerprint density at radius 3 is 2.90 bits per heavy atom. The zero-order valence-corrected chi connectivity index (χ0v) is 11.5. The number of aromatic nitrogens is 1. The lowest BCUT2D eigenvalue weighted by atomic mass is 9.98. The summed E-state index contributed by atoms with van der Waals surface area (Å²) in [5.41, 5.74) is 2.31. The van der Waals surface area contributed by atoms with E-state index < -0.39 is 0 Å². The van der Waals surface area contributed by atoms with Crippen LogP contribution in [0.4, 0.5) is 0 Å². The highest BCUT2D eigenvalue weighted by molar-refractivity contribution is 5.82. The number of nitrogens with one attached hydrogen (secondary N) is 1. The molecule has 20 heavy (non-hydrogen) atoms. The van der Waals surface area contributed by atoms with Gasteiger partial charge in [-0.15, -0.1) is 0 Å². The lowest BCUT2D eigenvalue weighted by Gasteiger charge is -2.19. The Balaban J connectivity index is 2.00. The molecule has 0 saturated heterocycles. The molecule has 0 aliphatic carbocycles. The van der Waals surface area contributed by atoms with E-state index in [1.165, 1.54) is 10.9 Å². The van der Waals surface area contributed by atoms with Crippen LogP contribution < -0.4 is 5.32 Å². The first kappa shape index (κ1) is 12.9. The molecule has 1 N–H and O–H groups in total. The zero-order chi connectivity index (χ0) is 13.8. The van der Waals surface area contributed by atoms with Crippen molar-refractivity contribution in [3.63, 3.8) is 0 Å². The molecule has 1 unspecified atom stereocenters. The van der Waals surface area contributed by atoms with Crippen molar-refractivity contribution < 1.29 is 4.42 Å². The van der Waals surface area contributed by atoms with Crippen molar-refractivity contribution in [1.29, 1.82) is 0 Å². The van der Waals surface area contributed by atoms with Gasteiger partial charge in [0.15, 0.2) is 0 Å². The minimum atomic E-state index is 0.235. The standard InChI is InChI=1S/C17H18N2O/c1-2-18-17(12-13-6-5-11-20-13)15-7-3-9-16-14(15)8-4-10-19-16/h3-11,17-18H,2,12H2,1H3. The van der Waals surface area contributed by atoms with Crippen LogP contribution >= 0.6 is 0 Å². The Morgan fingerprint density at radius 2 is 2.10 bits per heavy atom. The van der Waals surface area contributed by atoms with Crippen LogP contribution in [0.1, 0.15) is 24.3 Å². The van der Waals surface area contributed by atoms with Crippen molar-refractivity contribution in [1.82, 2.24) is 10.3 Å². The van der Waals surface area contributed by atoms with Gasteiger partial charge < -0.3 is 9.73 Å². The van der Waals surface area contributed by atoms with Crippen molar-refractivity contribution in [2.75, 3.05) is 6.54 Å². The van der Waals surface area contributed by atoms with Gasteiger partial charge in [-0.3, -0.25) is 4.98 Å². The molecule has 0 aliphatic rings. The Morgan fingerprint density at radius 1 is 1.15 bits per heavy atom. The van der Waals surface area contributed by atoms with E-state index in [4.69, 9.17) is 4.42 Å². The number of benzene rings is 1. The van der Waals surface area contributed by atoms with Crippen LogP contribution in [-0.2, 0) is 6.42 Å². The Labute approximate surface area is 118 Å². The van der Waals surface area contributed by atoms with Gasteiger partial charge in [0.1, 0.15) is 5.76 Å². The Hall–Kier alpha value is -2.13. The number of hydrogen-bond acceptors (Lipinski definition) is 3. The fourth-order valence-electron chi connectivity index (χ4n) is 2.60. The van der Waals surface area contributed by atoms with E-state index in [1.54, 1.807) is 6.26 Å². The first-order chi connectivity index (χ1) is 9.88. The molecular formula is C17H18N2O. The number of rotatable bonds is 5. The highest BCUT2D eigenvalue weighted by atomic mass is 16.3. The smallest absolute Gasteiger partial charge is 0.105 e. The van der Waals surface area contributed by atoms with Crippen LogP contribution in [0.5, 0.6) is 0 Å². The predicted octanol–water partition coefficient (Wildman–Crippen LogP) is 3.72. The largest absolute Gasteiger partial charge is 0.469 e. The second kappa shape index (κ2) is 5.88. The maximum absolute atomic E-state index is 5.49. The van der Waals surface area contributed by atoms with Gasteiger partial charge in [0.05, 0.1) is 11.8 Å². The minimum Gasteiger partial charge on any atom is -0.469 e. The van der Waals surface area contributed by atoms with Gasteiger partial charge in [-0.1, -0.05) is 25.1 Å². The van der Waals surface area contributed by atoms with Crippen LogP contribution in [0.25, 0.3) is 10.9 Å². The summed E-state index contributed by atoms with van der Waals surface area (Å²) in [5.74, 6) is 0.997. The molecule has 2 aromatic heterocycles. The summed E-state index contributed by atoms with van der Waals surface area (Å²) in [7, 11) is 0. The zero-order valence-electron chi connectivity index (χ0n) is 11.5. The van der Waals surface area contributed by atoms with E-state index in [-0.39, 0.29) is 6.04 Å². The highest BCUT2D eigenvalue weighted by Crippen LogP contribution is 2.25. The number of fused-ring (bicyclic) bond motifs is 1. The average Bonchev–Trinajstić information content (AvgIpc) is 2.99. The van der Waals surface area contributed by atoms with Gasteiger partial charge in [-0.2, -0.15) is 0 Å². The maximum Gasteiger partial charge on any atom is 0.105 e. The molecule has 0 spiro atoms. The molecule has 3 aromatic rings. The van der Waals surface area contributed by atoms with Crippen LogP contribution in [0, 0.1) is 0 Å². The molecule has 3 heteroatoms. The second-order valence-electron chi connectivity index (χ2n) is 4.81. The normalized spacial score (nSPS) is 12.7. The van der Waals surface area contributed by atoms with Crippen molar-refractivity contribution in [3.05, 3.63) is 66.2 Å². The van der Waals surface area contributed by atoms with Gasteiger partial charge >= 0.3 is 0 Å². The van der Waals surface area contributed by atoms with Gasteiger partial charge in [0.25, 0.3) is 0 Å². The van der Waals surface area contributed by atoms with Gasteiger partial charge in [-0.25, -0.2) is 0 Å². The quantitative estimate of drug-likeness (QED) is 0.764. The molecule has 0 fully saturated rings. The van der Waals surface area contributed by atoms with Crippen LogP contribution in [0.3, 0.4) is 0 Å². The van der Waals surface area contributed by atoms with Crippen molar-refractivity contribution in [2.24, 2.45) is 0 Å². The first-order valence-electron chi connectivity index (χ1n) is 6.98. The van der Waals surface area contributed by atoms with E-state index in [2.05, 4.69) is 41.5 Å². The highest BCUT2D eigenvalue weighted by Gasteiger charge is 2.15. The molecule has 0 amide bonds. The molecule has 0 saturated carbocycles. The topological polar surface area (TPSA) is 38.1 Å². The van der Waals surface area contributed by atoms with Crippen molar-refractivity contribution in [3.8, 4) is 0 Å². The summed E-state index contributed by atoms with van der Waals surface area (Å²) >= 11 is 0. The molecule has 2 heterocycles. The van der Waals surface area contributed by atoms with Crippen LogP contribution in [-0.4, -0.2) is 11.5 Å². The van der Waals surface area contributed by atoms with E-state index in [0.29, 0.717) is 0 Å². The van der Waals surface area contributed by atoms with Crippen molar-refractivity contribution in [2.45, 2.75) is 19.4 Å². The molecule has 3 rings (SSSR count). The molecule has 0 aliphatic heterocycles. The summed E-state index contributed by atoms with van der Waals surface area (Å²) in [6, 6.07) is 14.6. The van der Waals surface area contributed by atoms with Crippen LogP contribution in [0.2, 0.25) is 0 Å². The third-order valence-corrected chi connectivity index (χ3v) is 3.49. The molecular weight excluding hydrogens is 248 g/mol. The minimum absolute atomic E-state index is 0.235. The summed E-state index contributed by atoms with van der Waals surface area (Å²) in [6.07, 6.45) is 4.40. The first-order valence-corrected chi connectivity index (χ1v) is 6.98. The molecule has 3 nitrogen and oxygen atoms in total. The number of nitrogens with zero attached hydrogens (tertiary/aromatic N) is 1. The Bertz CT molecular complexity index is 671. The molecule has 0 bridgehead atoms. The second-order valence-corrected chi connectivity index (χ2v) is 4.81. The lowest BCUT2D eigenvalue weighted by molar-refractivity contribution is 0.456. The summed E-state index contributed by atoms with van der Waals surface area (Å²) < 4.78 is 5.49. The third kappa shape index (κ3) is 2.58. The monoisotopic (exact) mass is 266 g/mol. The molecule has 102 valence electrons. The number of pyridine rings is 1. The third-order valence-electron chi connectivity index (χ3n) is 3.49. The van der Waals surface area contributed by atoms with E-state index in [9.17, 15) is 0 Å². The van der Waals surface area contributed by atoms with Gasteiger partial charge in [0, 0.05) is 24.0 Å². The number of hydrogen-bond donors (Lipinski definition) is 1. The van der Waals surface area contributed by atoms with E-state index in [0.717, 1.165) is 24.2 Å². The lowest BCUT2D eigenvalue weighted by Crippen LogP contribution is -2.23. The molecule has 0 radical (unpaired) electrons. The SMILES string of the molecule is CCNC(Cc1ccco1)c1cccc2ncccc12. The fraction of sp³-hybridized carbons (Fsp3) is 0.235.